The standard InChI is InChI=1S/C10H16O2/c1-9(2)7-4-5-10(9,3)12-8(11)6-7/h7H,4-6H2,1-3H3. The molecule has 1 heterocycles. The van der Waals surface area contributed by atoms with E-state index in [1.54, 1.807) is 0 Å². The van der Waals surface area contributed by atoms with Crippen LogP contribution in [0.3, 0.4) is 0 Å². The first-order valence-electron chi connectivity index (χ1n) is 4.67. The van der Waals surface area contributed by atoms with Crippen LogP contribution in [0.2, 0.25) is 0 Å². The number of hydrogen-bond donors (Lipinski definition) is 0. The summed E-state index contributed by atoms with van der Waals surface area (Å²) >= 11 is 0. The molecule has 2 atom stereocenters. The van der Waals surface area contributed by atoms with Gasteiger partial charge in [-0.15, -0.1) is 0 Å². The van der Waals surface area contributed by atoms with Crippen molar-refractivity contribution < 1.29 is 9.53 Å². The molecule has 0 aromatic rings. The molecular weight excluding hydrogens is 152 g/mol. The Morgan fingerprint density at radius 2 is 2.08 bits per heavy atom. The van der Waals surface area contributed by atoms with Gasteiger partial charge >= 0.3 is 5.97 Å². The van der Waals surface area contributed by atoms with Crippen molar-refractivity contribution in [2.45, 2.75) is 45.6 Å². The Bertz CT molecular complexity index is 232. The minimum absolute atomic E-state index is 0.000625. The predicted molar refractivity (Wildman–Crippen MR) is 45.6 cm³/mol. The zero-order valence-electron chi connectivity index (χ0n) is 8.02. The van der Waals surface area contributed by atoms with Crippen LogP contribution in [0.25, 0.3) is 0 Å². The van der Waals surface area contributed by atoms with Crippen molar-refractivity contribution >= 4 is 5.97 Å². The first-order valence-corrected chi connectivity index (χ1v) is 4.67. The van der Waals surface area contributed by atoms with Crippen LogP contribution in [0, 0.1) is 11.3 Å². The maximum absolute atomic E-state index is 11.2. The van der Waals surface area contributed by atoms with Crippen LogP contribution < -0.4 is 0 Å². The average molecular weight is 168 g/mol. The fraction of sp³-hybridized carbons (Fsp3) is 0.900. The summed E-state index contributed by atoms with van der Waals surface area (Å²) in [5.74, 6) is 0.545. The fourth-order valence-electron chi connectivity index (χ4n) is 2.60. The van der Waals surface area contributed by atoms with Crippen LogP contribution in [0.15, 0.2) is 0 Å². The number of fused-ring (bicyclic) bond motifs is 2. The van der Waals surface area contributed by atoms with Crippen molar-refractivity contribution in [1.29, 1.82) is 0 Å². The van der Waals surface area contributed by atoms with Gasteiger partial charge in [-0.2, -0.15) is 0 Å². The Kier molecular flexibility index (Phi) is 1.37. The van der Waals surface area contributed by atoms with Gasteiger partial charge in [0.15, 0.2) is 0 Å². The molecule has 2 heteroatoms. The van der Waals surface area contributed by atoms with E-state index in [0.717, 1.165) is 12.8 Å². The minimum Gasteiger partial charge on any atom is -0.459 e. The third-order valence-electron chi connectivity index (χ3n) is 4.11. The highest BCUT2D eigenvalue weighted by molar-refractivity contribution is 5.72. The van der Waals surface area contributed by atoms with Gasteiger partial charge < -0.3 is 4.74 Å². The lowest BCUT2D eigenvalue weighted by Crippen LogP contribution is -2.48. The van der Waals surface area contributed by atoms with Gasteiger partial charge in [0.2, 0.25) is 0 Å². The molecule has 2 rings (SSSR count). The average Bonchev–Trinajstić information content (AvgIpc) is 2.16. The van der Waals surface area contributed by atoms with E-state index in [1.807, 2.05) is 0 Å². The number of hydrogen-bond acceptors (Lipinski definition) is 2. The molecule has 2 aliphatic rings. The van der Waals surface area contributed by atoms with E-state index >= 15 is 0 Å². The van der Waals surface area contributed by atoms with Crippen LogP contribution in [0.1, 0.15) is 40.0 Å². The molecule has 1 saturated heterocycles. The van der Waals surface area contributed by atoms with Gasteiger partial charge in [-0.3, -0.25) is 4.79 Å². The minimum atomic E-state index is -0.188. The molecule has 2 bridgehead atoms. The van der Waals surface area contributed by atoms with Gasteiger partial charge in [-0.1, -0.05) is 13.8 Å². The molecule has 0 radical (unpaired) electrons. The van der Waals surface area contributed by atoms with E-state index in [2.05, 4.69) is 20.8 Å². The van der Waals surface area contributed by atoms with Gasteiger partial charge in [0, 0.05) is 11.8 Å². The van der Waals surface area contributed by atoms with E-state index in [1.165, 1.54) is 0 Å². The van der Waals surface area contributed by atoms with E-state index in [0.29, 0.717) is 12.3 Å². The molecule has 0 N–H and O–H groups in total. The normalized spacial score (nSPS) is 44.2. The summed E-state index contributed by atoms with van der Waals surface area (Å²) in [7, 11) is 0. The van der Waals surface area contributed by atoms with Crippen molar-refractivity contribution in [2.24, 2.45) is 11.3 Å². The summed E-state index contributed by atoms with van der Waals surface area (Å²) in [4.78, 5) is 11.2. The predicted octanol–water partition coefficient (Wildman–Crippen LogP) is 2.13. The van der Waals surface area contributed by atoms with E-state index < -0.39 is 0 Å². The number of carbonyl (C=O) groups excluding carboxylic acids is 1. The van der Waals surface area contributed by atoms with Crippen molar-refractivity contribution in [3.05, 3.63) is 0 Å². The van der Waals surface area contributed by atoms with Crippen LogP contribution in [-0.2, 0) is 9.53 Å². The molecule has 0 aromatic heterocycles. The second-order valence-corrected chi connectivity index (χ2v) is 4.87. The molecule has 12 heavy (non-hydrogen) atoms. The van der Waals surface area contributed by atoms with Crippen LogP contribution in [0.5, 0.6) is 0 Å². The Labute approximate surface area is 73.3 Å². The van der Waals surface area contributed by atoms with E-state index in [-0.39, 0.29) is 17.0 Å². The molecule has 0 amide bonds. The molecule has 1 aliphatic heterocycles. The van der Waals surface area contributed by atoms with Gasteiger partial charge in [0.25, 0.3) is 0 Å². The van der Waals surface area contributed by atoms with Crippen LogP contribution >= 0.6 is 0 Å². The van der Waals surface area contributed by atoms with Gasteiger partial charge in [0.1, 0.15) is 5.60 Å². The lowest BCUT2D eigenvalue weighted by Gasteiger charge is -2.44. The van der Waals surface area contributed by atoms with Crippen molar-refractivity contribution in [3.8, 4) is 0 Å². The maximum Gasteiger partial charge on any atom is 0.306 e. The largest absolute Gasteiger partial charge is 0.459 e. The van der Waals surface area contributed by atoms with Crippen molar-refractivity contribution in [1.82, 2.24) is 0 Å². The fourth-order valence-corrected chi connectivity index (χ4v) is 2.60. The maximum atomic E-state index is 11.2. The summed E-state index contributed by atoms with van der Waals surface area (Å²) < 4.78 is 5.44. The molecule has 2 unspecified atom stereocenters. The zero-order chi connectivity index (χ0) is 8.98. The number of carbonyl (C=O) groups is 1. The SMILES string of the molecule is CC12CCC(CC(=O)O1)C2(C)C. The van der Waals surface area contributed by atoms with Crippen LogP contribution in [0.4, 0.5) is 0 Å². The highest BCUT2D eigenvalue weighted by Gasteiger charge is 2.57. The molecule has 2 nitrogen and oxygen atoms in total. The molecule has 0 spiro atoms. The monoisotopic (exact) mass is 168 g/mol. The smallest absolute Gasteiger partial charge is 0.306 e. The quantitative estimate of drug-likeness (QED) is 0.518. The highest BCUT2D eigenvalue weighted by Crippen LogP contribution is 2.56. The number of ether oxygens (including phenoxy) is 1. The Hall–Kier alpha value is -0.530. The second-order valence-electron chi connectivity index (χ2n) is 4.87. The summed E-state index contributed by atoms with van der Waals surface area (Å²) in [6.07, 6.45) is 2.81. The summed E-state index contributed by atoms with van der Waals surface area (Å²) in [5, 5.41) is 0. The molecular formula is C10H16O2. The number of esters is 1. The molecule has 2 fully saturated rings. The zero-order valence-corrected chi connectivity index (χ0v) is 8.02. The Balaban J connectivity index is 2.37. The van der Waals surface area contributed by atoms with Gasteiger partial charge in [-0.05, 0) is 25.7 Å². The Morgan fingerprint density at radius 1 is 1.42 bits per heavy atom. The third-order valence-corrected chi connectivity index (χ3v) is 4.11. The summed E-state index contributed by atoms with van der Waals surface area (Å²) in [5.41, 5.74) is -0.00604. The molecule has 68 valence electrons. The molecule has 1 saturated carbocycles. The molecule has 0 aromatic carbocycles. The van der Waals surface area contributed by atoms with Crippen molar-refractivity contribution in [3.63, 3.8) is 0 Å². The Morgan fingerprint density at radius 3 is 2.67 bits per heavy atom. The van der Waals surface area contributed by atoms with Crippen molar-refractivity contribution in [2.75, 3.05) is 0 Å². The summed E-state index contributed by atoms with van der Waals surface area (Å²) in [6.45, 7) is 6.51. The lowest BCUT2D eigenvalue weighted by atomic mass is 9.70. The van der Waals surface area contributed by atoms with E-state index in [4.69, 9.17) is 4.74 Å². The summed E-state index contributed by atoms with van der Waals surface area (Å²) in [6, 6.07) is 0. The number of rotatable bonds is 0. The highest BCUT2D eigenvalue weighted by atomic mass is 16.6. The first-order chi connectivity index (χ1) is 5.46. The topological polar surface area (TPSA) is 26.3 Å². The van der Waals surface area contributed by atoms with Gasteiger partial charge in [-0.25, -0.2) is 0 Å². The van der Waals surface area contributed by atoms with E-state index in [9.17, 15) is 4.79 Å². The first kappa shape index (κ1) is 8.09. The third kappa shape index (κ3) is 0.782. The second kappa shape index (κ2) is 2.04. The van der Waals surface area contributed by atoms with Gasteiger partial charge in [0.05, 0.1) is 0 Å². The van der Waals surface area contributed by atoms with Crippen LogP contribution in [-0.4, -0.2) is 11.6 Å². The molecule has 1 aliphatic carbocycles. The lowest BCUT2D eigenvalue weighted by molar-refractivity contribution is -0.182.